The van der Waals surface area contributed by atoms with Gasteiger partial charge in [0.25, 0.3) is 0 Å². The number of nitrogens with one attached hydrogen (secondary N) is 1. The van der Waals surface area contributed by atoms with Crippen LogP contribution in [0.25, 0.3) is 17.0 Å². The lowest BCUT2D eigenvalue weighted by molar-refractivity contribution is -0.227. The highest BCUT2D eigenvalue weighted by atomic mass is 16.4. The van der Waals surface area contributed by atoms with Gasteiger partial charge in [0.15, 0.2) is 0 Å². The molecule has 7 rings (SSSR count). The highest BCUT2D eigenvalue weighted by molar-refractivity contribution is 5.76. The van der Waals surface area contributed by atoms with Crippen molar-refractivity contribution < 1.29 is 9.90 Å². The van der Waals surface area contributed by atoms with E-state index >= 15 is 0 Å². The molecular formula is C37H50N4O2. The fourth-order valence-corrected chi connectivity index (χ4v) is 12.7. The smallest absolute Gasteiger partial charge is 0.309 e. The zero-order valence-electron chi connectivity index (χ0n) is 27.0. The van der Waals surface area contributed by atoms with Gasteiger partial charge >= 0.3 is 5.97 Å². The molecule has 0 unspecified atom stereocenters. The van der Waals surface area contributed by atoms with E-state index < -0.39 is 11.4 Å². The summed E-state index contributed by atoms with van der Waals surface area (Å²) in [5, 5.41) is 25.5. The lowest BCUT2D eigenvalue weighted by atomic mass is 9.32. The third kappa shape index (κ3) is 3.70. The summed E-state index contributed by atoms with van der Waals surface area (Å²) >= 11 is 0. The SMILES string of the molecule is C=C(C)[C@@H]1CC[C@]2(C(=O)O)CC[C@]3(C)[C@H](CC[C@@H]4[C@@]5(C)CC=C(c6cccc(-c7nn[nH]n7)c6)C(C)(C)[C@@H]5CC[C@]43C)[C@@H]12. The van der Waals surface area contributed by atoms with E-state index in [4.69, 9.17) is 0 Å². The number of benzene rings is 1. The summed E-state index contributed by atoms with van der Waals surface area (Å²) in [6.07, 6.45) is 12.2. The zero-order chi connectivity index (χ0) is 30.6. The molecule has 43 heavy (non-hydrogen) atoms. The first kappa shape index (κ1) is 29.0. The van der Waals surface area contributed by atoms with Crippen molar-refractivity contribution in [2.75, 3.05) is 0 Å². The molecule has 2 N–H and O–H groups in total. The van der Waals surface area contributed by atoms with Crippen molar-refractivity contribution in [1.29, 1.82) is 0 Å². The zero-order valence-corrected chi connectivity index (χ0v) is 27.0. The van der Waals surface area contributed by atoms with Crippen molar-refractivity contribution in [2.45, 2.75) is 99.3 Å². The van der Waals surface area contributed by atoms with Crippen molar-refractivity contribution in [3.63, 3.8) is 0 Å². The fraction of sp³-hybridized carbons (Fsp3) is 0.676. The van der Waals surface area contributed by atoms with Gasteiger partial charge in [0, 0.05) is 5.56 Å². The minimum atomic E-state index is -0.557. The molecule has 1 heterocycles. The Morgan fingerprint density at radius 3 is 2.42 bits per heavy atom. The molecule has 0 bridgehead atoms. The Morgan fingerprint density at radius 1 is 0.953 bits per heavy atom. The van der Waals surface area contributed by atoms with Crippen LogP contribution in [0.15, 0.2) is 42.5 Å². The molecule has 2 aromatic rings. The molecule has 1 aromatic carbocycles. The van der Waals surface area contributed by atoms with Crippen molar-refractivity contribution >= 4 is 11.5 Å². The normalized spacial score (nSPS) is 43.0. The van der Waals surface area contributed by atoms with E-state index in [9.17, 15) is 9.90 Å². The van der Waals surface area contributed by atoms with E-state index in [0.29, 0.717) is 29.5 Å². The molecule has 230 valence electrons. The predicted octanol–water partition coefficient (Wildman–Crippen LogP) is 8.60. The summed E-state index contributed by atoms with van der Waals surface area (Å²) in [4.78, 5) is 13.0. The molecule has 0 radical (unpaired) electrons. The third-order valence-electron chi connectivity index (χ3n) is 14.8. The van der Waals surface area contributed by atoms with Crippen molar-refractivity contribution in [3.8, 4) is 11.4 Å². The maximum Gasteiger partial charge on any atom is 0.309 e. The standard InChI is InChI=1S/C37H50N4O2/c1-22(2)25-13-18-37(32(42)43)20-19-35(6)27(30(25)37)11-12-29-34(5)16-14-26(33(3,4)28(34)15-17-36(29,35)7)23-9-8-10-24(21-23)31-38-40-41-39-31/h8-10,14,21,25,27-30H,1,11-13,15-20H2,2-7H3,(H,42,43)(H,38,39,40,41)/t25-,27+,28-,29+,30+,34-,35+,36+,37-/m0/s1. The Bertz CT molecular complexity index is 1490. The minimum Gasteiger partial charge on any atom is -0.481 e. The number of rotatable bonds is 4. The molecule has 4 saturated carbocycles. The van der Waals surface area contributed by atoms with E-state index in [0.717, 1.165) is 44.1 Å². The molecule has 1 aromatic heterocycles. The highest BCUT2D eigenvalue weighted by Crippen LogP contribution is 2.77. The summed E-state index contributed by atoms with van der Waals surface area (Å²) in [6, 6.07) is 8.66. The summed E-state index contributed by atoms with van der Waals surface area (Å²) in [5.41, 5.74) is 4.95. The molecule has 0 aliphatic heterocycles. The van der Waals surface area contributed by atoms with Crippen LogP contribution in [-0.4, -0.2) is 31.7 Å². The number of aromatic nitrogens is 4. The van der Waals surface area contributed by atoms with Crippen LogP contribution in [0.5, 0.6) is 0 Å². The first-order chi connectivity index (χ1) is 20.3. The van der Waals surface area contributed by atoms with Crippen LogP contribution in [0.3, 0.4) is 0 Å². The molecule has 5 aliphatic carbocycles. The third-order valence-corrected chi connectivity index (χ3v) is 14.8. The van der Waals surface area contributed by atoms with Crippen molar-refractivity contribution in [2.24, 2.45) is 56.7 Å². The van der Waals surface area contributed by atoms with Gasteiger partial charge in [0.1, 0.15) is 0 Å². The van der Waals surface area contributed by atoms with E-state index in [1.54, 1.807) is 0 Å². The lowest BCUT2D eigenvalue weighted by Gasteiger charge is -2.72. The van der Waals surface area contributed by atoms with Gasteiger partial charge < -0.3 is 5.11 Å². The van der Waals surface area contributed by atoms with E-state index in [2.05, 4.69) is 99.1 Å². The van der Waals surface area contributed by atoms with Crippen LogP contribution in [0.1, 0.15) is 105 Å². The van der Waals surface area contributed by atoms with Crippen molar-refractivity contribution in [1.82, 2.24) is 20.6 Å². The Hall–Kier alpha value is -2.76. The molecule has 0 saturated heterocycles. The van der Waals surface area contributed by atoms with Crippen LogP contribution < -0.4 is 0 Å². The fourth-order valence-electron chi connectivity index (χ4n) is 12.7. The van der Waals surface area contributed by atoms with E-state index in [-0.39, 0.29) is 27.6 Å². The summed E-state index contributed by atoms with van der Waals surface area (Å²) in [6.45, 7) is 19.4. The first-order valence-electron chi connectivity index (χ1n) is 16.7. The Morgan fingerprint density at radius 2 is 1.72 bits per heavy atom. The topological polar surface area (TPSA) is 91.8 Å². The molecule has 9 atom stereocenters. The average molecular weight is 583 g/mol. The quantitative estimate of drug-likeness (QED) is 0.352. The number of allylic oxidation sites excluding steroid dienone is 3. The van der Waals surface area contributed by atoms with Crippen LogP contribution in [0, 0.1) is 56.7 Å². The van der Waals surface area contributed by atoms with Gasteiger partial charge in [-0.15, -0.1) is 10.2 Å². The number of carbonyl (C=O) groups is 1. The summed E-state index contributed by atoms with van der Waals surface area (Å²) < 4.78 is 0. The van der Waals surface area contributed by atoms with Crippen LogP contribution in [0.2, 0.25) is 0 Å². The Kier molecular flexibility index (Phi) is 6.32. The van der Waals surface area contributed by atoms with Gasteiger partial charge in [-0.05, 0) is 138 Å². The molecule has 0 amide bonds. The first-order valence-corrected chi connectivity index (χ1v) is 16.7. The monoisotopic (exact) mass is 582 g/mol. The largest absolute Gasteiger partial charge is 0.481 e. The van der Waals surface area contributed by atoms with Gasteiger partial charge in [-0.3, -0.25) is 4.79 Å². The number of tetrazole rings is 1. The van der Waals surface area contributed by atoms with Crippen LogP contribution in [-0.2, 0) is 4.79 Å². The highest BCUT2D eigenvalue weighted by Gasteiger charge is 2.71. The Labute approximate surface area is 257 Å². The number of fused-ring (bicyclic) bond motifs is 7. The molecule has 6 nitrogen and oxygen atoms in total. The number of carboxylic acid groups (broad SMARTS) is 1. The second kappa shape index (κ2) is 9.37. The predicted molar refractivity (Wildman–Crippen MR) is 170 cm³/mol. The maximum atomic E-state index is 13.0. The van der Waals surface area contributed by atoms with Gasteiger partial charge in [-0.25, -0.2) is 0 Å². The molecule has 4 fully saturated rings. The number of nitrogens with zero attached hydrogens (tertiary/aromatic N) is 3. The van der Waals surface area contributed by atoms with Gasteiger partial charge in [0.2, 0.25) is 5.82 Å². The molecule has 0 spiro atoms. The molecule has 6 heteroatoms. The van der Waals surface area contributed by atoms with E-state index in [1.807, 2.05) is 0 Å². The number of aromatic amines is 1. The maximum absolute atomic E-state index is 13.0. The minimum absolute atomic E-state index is 0.0312. The van der Waals surface area contributed by atoms with Gasteiger partial charge in [-0.1, -0.05) is 71.0 Å². The van der Waals surface area contributed by atoms with Gasteiger partial charge in [0.05, 0.1) is 5.41 Å². The Balaban J connectivity index is 1.25. The number of carboxylic acids is 1. The number of hydrogen-bond donors (Lipinski definition) is 2. The second-order valence-corrected chi connectivity index (χ2v) is 16.5. The van der Waals surface area contributed by atoms with Crippen LogP contribution in [0.4, 0.5) is 0 Å². The van der Waals surface area contributed by atoms with Gasteiger partial charge in [-0.2, -0.15) is 5.21 Å². The molecular weight excluding hydrogens is 532 g/mol. The lowest BCUT2D eigenvalue weighted by Crippen LogP contribution is -2.65. The molecule has 5 aliphatic rings. The second-order valence-electron chi connectivity index (χ2n) is 16.5. The summed E-state index contributed by atoms with van der Waals surface area (Å²) in [5.74, 6) is 2.34. The number of aliphatic carboxylic acids is 1. The number of H-pyrrole nitrogens is 1. The van der Waals surface area contributed by atoms with E-state index in [1.165, 1.54) is 36.0 Å². The van der Waals surface area contributed by atoms with Crippen molar-refractivity contribution in [3.05, 3.63) is 48.1 Å². The summed E-state index contributed by atoms with van der Waals surface area (Å²) in [7, 11) is 0. The average Bonchev–Trinajstić information content (AvgIpc) is 3.63. The number of hydrogen-bond acceptors (Lipinski definition) is 4. The van der Waals surface area contributed by atoms with Crippen LogP contribution >= 0.6 is 0 Å².